The van der Waals surface area contributed by atoms with Crippen LogP contribution < -0.4 is 4.74 Å². The molecule has 0 aliphatic heterocycles. The van der Waals surface area contributed by atoms with Gasteiger partial charge < -0.3 is 9.72 Å². The molecule has 4 rings (SSSR count). The van der Waals surface area contributed by atoms with E-state index < -0.39 is 11.7 Å². The van der Waals surface area contributed by atoms with Gasteiger partial charge in [-0.05, 0) is 24.3 Å². The Balaban J connectivity index is 1.84. The zero-order chi connectivity index (χ0) is 17.4. The van der Waals surface area contributed by atoms with Crippen LogP contribution in [0.25, 0.3) is 17.0 Å². The Labute approximate surface area is 139 Å². The van der Waals surface area contributed by atoms with Crippen LogP contribution in [0.5, 0.6) is 11.5 Å². The Morgan fingerprint density at radius 2 is 1.84 bits per heavy atom. The van der Waals surface area contributed by atoms with Crippen molar-refractivity contribution in [2.75, 3.05) is 0 Å². The van der Waals surface area contributed by atoms with Gasteiger partial charge in [-0.3, -0.25) is 0 Å². The minimum absolute atomic E-state index is 0.248. The van der Waals surface area contributed by atoms with Crippen LogP contribution in [0.1, 0.15) is 5.56 Å². The molecule has 126 valence electrons. The van der Waals surface area contributed by atoms with Crippen molar-refractivity contribution in [1.29, 1.82) is 0 Å². The largest absolute Gasteiger partial charge is 0.457 e. The van der Waals surface area contributed by atoms with Crippen LogP contribution in [-0.4, -0.2) is 19.7 Å². The molecule has 2 heterocycles. The van der Waals surface area contributed by atoms with E-state index in [-0.39, 0.29) is 11.3 Å². The highest BCUT2D eigenvalue weighted by Gasteiger charge is 2.35. The summed E-state index contributed by atoms with van der Waals surface area (Å²) >= 11 is 0. The van der Waals surface area contributed by atoms with Crippen LogP contribution in [0, 0.1) is 0 Å². The Kier molecular flexibility index (Phi) is 3.45. The molecule has 5 nitrogen and oxygen atoms in total. The molecular weight excluding hydrogens is 333 g/mol. The van der Waals surface area contributed by atoms with Gasteiger partial charge in [0, 0.05) is 18.5 Å². The Hall–Kier alpha value is -3.29. The molecule has 25 heavy (non-hydrogen) atoms. The lowest BCUT2D eigenvalue weighted by Crippen LogP contribution is -2.07. The Morgan fingerprint density at radius 3 is 2.52 bits per heavy atom. The number of hydrogen-bond acceptors (Lipinski definition) is 3. The molecule has 0 saturated heterocycles. The fraction of sp³-hybridized carbons (Fsp3) is 0.0588. The first kappa shape index (κ1) is 15.3. The molecule has 0 unspecified atom stereocenters. The number of aromatic amines is 1. The lowest BCUT2D eigenvalue weighted by atomic mass is 10.1. The van der Waals surface area contributed by atoms with E-state index in [2.05, 4.69) is 15.1 Å². The molecule has 0 amide bonds. The minimum Gasteiger partial charge on any atom is -0.457 e. The van der Waals surface area contributed by atoms with Gasteiger partial charge in [0.25, 0.3) is 0 Å². The maximum Gasteiger partial charge on any atom is 0.420 e. The van der Waals surface area contributed by atoms with E-state index >= 15 is 0 Å². The summed E-state index contributed by atoms with van der Waals surface area (Å²) in [5, 5.41) is 4.01. The van der Waals surface area contributed by atoms with Crippen molar-refractivity contribution in [2.24, 2.45) is 0 Å². The standard InChI is InChI=1S/C17H11F3N4O/c18-17(19,20)12-9-13-14(23-16(22-13)24-8-4-7-21-24)10-15(12)25-11-5-2-1-3-6-11/h1-10H,(H,22,23). The van der Waals surface area contributed by atoms with Gasteiger partial charge in [0.15, 0.2) is 0 Å². The number of H-pyrrole nitrogens is 1. The number of benzene rings is 2. The van der Waals surface area contributed by atoms with Crippen LogP contribution in [-0.2, 0) is 6.18 Å². The number of halogens is 3. The van der Waals surface area contributed by atoms with Crippen molar-refractivity contribution >= 4 is 11.0 Å². The molecule has 0 atom stereocenters. The maximum atomic E-state index is 13.4. The Bertz CT molecular complexity index is 1010. The fourth-order valence-electron chi connectivity index (χ4n) is 2.45. The van der Waals surface area contributed by atoms with Crippen molar-refractivity contribution in [1.82, 2.24) is 19.7 Å². The van der Waals surface area contributed by atoms with Crippen LogP contribution in [0.15, 0.2) is 60.9 Å². The molecule has 8 heteroatoms. The highest BCUT2D eigenvalue weighted by molar-refractivity contribution is 5.80. The lowest BCUT2D eigenvalue weighted by Gasteiger charge is -2.13. The van der Waals surface area contributed by atoms with Gasteiger partial charge in [0.2, 0.25) is 5.95 Å². The number of rotatable bonds is 3. The zero-order valence-corrected chi connectivity index (χ0v) is 12.7. The second-order valence-corrected chi connectivity index (χ2v) is 5.29. The third-order valence-corrected chi connectivity index (χ3v) is 3.57. The molecule has 2 aromatic carbocycles. The molecule has 2 aromatic heterocycles. The van der Waals surface area contributed by atoms with Gasteiger partial charge in [-0.2, -0.15) is 18.3 Å². The van der Waals surface area contributed by atoms with Crippen LogP contribution in [0.3, 0.4) is 0 Å². The van der Waals surface area contributed by atoms with Crippen molar-refractivity contribution in [3.8, 4) is 17.4 Å². The summed E-state index contributed by atoms with van der Waals surface area (Å²) in [5.74, 6) is 0.338. The smallest absolute Gasteiger partial charge is 0.420 e. The molecule has 0 radical (unpaired) electrons. The molecule has 0 fully saturated rings. The van der Waals surface area contributed by atoms with E-state index in [1.165, 1.54) is 10.7 Å². The lowest BCUT2D eigenvalue weighted by molar-refractivity contribution is -0.138. The van der Waals surface area contributed by atoms with Crippen LogP contribution in [0.4, 0.5) is 13.2 Å². The highest BCUT2D eigenvalue weighted by atomic mass is 19.4. The third-order valence-electron chi connectivity index (χ3n) is 3.57. The average Bonchev–Trinajstić information content (AvgIpc) is 3.23. The molecule has 0 aliphatic rings. The summed E-state index contributed by atoms with van der Waals surface area (Å²) in [6.45, 7) is 0. The van der Waals surface area contributed by atoms with Gasteiger partial charge in [0.1, 0.15) is 17.1 Å². The number of nitrogens with zero attached hydrogens (tertiary/aromatic N) is 3. The van der Waals surface area contributed by atoms with Gasteiger partial charge in [-0.25, -0.2) is 9.67 Å². The second kappa shape index (κ2) is 5.66. The summed E-state index contributed by atoms with van der Waals surface area (Å²) in [6, 6.07) is 12.3. The summed E-state index contributed by atoms with van der Waals surface area (Å²) in [6.07, 6.45) is -1.36. The number of hydrogen-bond donors (Lipinski definition) is 1. The van der Waals surface area contributed by atoms with E-state index in [4.69, 9.17) is 4.74 Å². The van der Waals surface area contributed by atoms with Crippen molar-refractivity contribution in [2.45, 2.75) is 6.18 Å². The number of aromatic nitrogens is 4. The highest BCUT2D eigenvalue weighted by Crippen LogP contribution is 2.40. The first-order valence-corrected chi connectivity index (χ1v) is 7.34. The van der Waals surface area contributed by atoms with E-state index in [9.17, 15) is 13.2 Å². The van der Waals surface area contributed by atoms with E-state index in [1.807, 2.05) is 0 Å². The van der Waals surface area contributed by atoms with Crippen molar-refractivity contribution in [3.63, 3.8) is 0 Å². The first-order chi connectivity index (χ1) is 12.0. The zero-order valence-electron chi connectivity index (χ0n) is 12.7. The number of ether oxygens (including phenoxy) is 1. The molecule has 4 aromatic rings. The predicted molar refractivity (Wildman–Crippen MR) is 84.7 cm³/mol. The molecule has 0 aliphatic carbocycles. The van der Waals surface area contributed by atoms with E-state index in [1.54, 1.807) is 48.8 Å². The maximum absolute atomic E-state index is 13.4. The average molecular weight is 344 g/mol. The number of nitrogens with one attached hydrogen (secondary N) is 1. The molecular formula is C17H11F3N4O. The van der Waals surface area contributed by atoms with Crippen molar-refractivity contribution in [3.05, 3.63) is 66.5 Å². The predicted octanol–water partition coefficient (Wildman–Crippen LogP) is 4.56. The summed E-state index contributed by atoms with van der Waals surface area (Å²) in [7, 11) is 0. The normalized spacial score (nSPS) is 11.8. The SMILES string of the molecule is FC(F)(F)c1cc2[nH]c(-n3cccn3)nc2cc1Oc1ccccc1. The number of para-hydroxylation sites is 1. The van der Waals surface area contributed by atoms with Crippen molar-refractivity contribution < 1.29 is 17.9 Å². The number of fused-ring (bicyclic) bond motifs is 1. The van der Waals surface area contributed by atoms with Gasteiger partial charge >= 0.3 is 6.18 Å². The van der Waals surface area contributed by atoms with Gasteiger partial charge in [-0.1, -0.05) is 18.2 Å². The molecule has 0 saturated carbocycles. The first-order valence-electron chi connectivity index (χ1n) is 7.34. The van der Waals surface area contributed by atoms with Gasteiger partial charge in [0.05, 0.1) is 11.0 Å². The van der Waals surface area contributed by atoms with Gasteiger partial charge in [-0.15, -0.1) is 0 Å². The number of imidazole rings is 1. The minimum atomic E-state index is -4.56. The fourth-order valence-corrected chi connectivity index (χ4v) is 2.45. The van der Waals surface area contributed by atoms with Crippen LogP contribution in [0.2, 0.25) is 0 Å². The molecule has 1 N–H and O–H groups in total. The quantitative estimate of drug-likeness (QED) is 0.593. The summed E-state index contributed by atoms with van der Waals surface area (Å²) < 4.78 is 47.2. The van der Waals surface area contributed by atoms with Crippen LogP contribution >= 0.6 is 0 Å². The van der Waals surface area contributed by atoms with E-state index in [0.29, 0.717) is 17.2 Å². The summed E-state index contributed by atoms with van der Waals surface area (Å²) in [5.41, 5.74) is -0.276. The molecule has 0 spiro atoms. The van der Waals surface area contributed by atoms with E-state index in [0.717, 1.165) is 6.07 Å². The third kappa shape index (κ3) is 2.93. The molecule has 0 bridgehead atoms. The topological polar surface area (TPSA) is 55.7 Å². The monoisotopic (exact) mass is 344 g/mol. The number of alkyl halides is 3. The summed E-state index contributed by atoms with van der Waals surface area (Å²) in [4.78, 5) is 7.11. The second-order valence-electron chi connectivity index (χ2n) is 5.29. The Morgan fingerprint density at radius 1 is 1.04 bits per heavy atom.